The molecule has 0 nitrogen and oxygen atoms in total. The van der Waals surface area contributed by atoms with Gasteiger partial charge < -0.3 is 0 Å². The van der Waals surface area contributed by atoms with E-state index < -0.39 is 0 Å². The first kappa shape index (κ1) is 8.91. The molecule has 0 N–H and O–H groups in total. The van der Waals surface area contributed by atoms with Crippen LogP contribution in [-0.4, -0.2) is 0 Å². The maximum Gasteiger partial charge on any atom is -0.0225 e. The van der Waals surface area contributed by atoms with E-state index in [0.29, 0.717) is 0 Å². The largest absolute Gasteiger partial charge is 0.105 e. The molecular formula is C9H12P2. The molecule has 2 heteroatoms. The Balaban J connectivity index is 3.05. The molecule has 0 radical (unpaired) electrons. The second kappa shape index (κ2) is 4.00. The lowest BCUT2D eigenvalue weighted by molar-refractivity contribution is 1.71. The smallest absolute Gasteiger partial charge is 0.0225 e. The average Bonchev–Trinajstić information content (AvgIpc) is 1.98. The van der Waals surface area contributed by atoms with E-state index in [1.165, 1.54) is 16.2 Å². The highest BCUT2D eigenvalue weighted by molar-refractivity contribution is 7.35. The van der Waals surface area contributed by atoms with Crippen LogP contribution in [0.25, 0.3) is 6.08 Å². The Labute approximate surface area is 72.5 Å². The van der Waals surface area contributed by atoms with E-state index in [2.05, 4.69) is 42.8 Å². The van der Waals surface area contributed by atoms with Crippen molar-refractivity contribution in [3.05, 3.63) is 29.8 Å². The van der Waals surface area contributed by atoms with Crippen LogP contribution in [0.15, 0.2) is 24.3 Å². The summed E-state index contributed by atoms with van der Waals surface area (Å²) in [5.41, 5.74) is 1.25. The minimum atomic E-state index is 1.24. The maximum absolute atomic E-state index is 2.72. The van der Waals surface area contributed by atoms with Gasteiger partial charge in [0, 0.05) is 0 Å². The first-order chi connectivity index (χ1) is 5.24. The van der Waals surface area contributed by atoms with Gasteiger partial charge in [-0.2, -0.15) is 0 Å². The summed E-state index contributed by atoms with van der Waals surface area (Å²) < 4.78 is 0. The topological polar surface area (TPSA) is 0 Å². The van der Waals surface area contributed by atoms with Gasteiger partial charge in [-0.1, -0.05) is 24.3 Å². The van der Waals surface area contributed by atoms with Crippen LogP contribution in [-0.2, 0) is 0 Å². The van der Waals surface area contributed by atoms with E-state index in [4.69, 9.17) is 0 Å². The number of hydrogen-bond acceptors (Lipinski definition) is 0. The average molecular weight is 182 g/mol. The Morgan fingerprint density at radius 2 is 1.91 bits per heavy atom. The van der Waals surface area contributed by atoms with Gasteiger partial charge in [-0.3, -0.25) is 0 Å². The van der Waals surface area contributed by atoms with Crippen LogP contribution in [0, 0.1) is 0 Å². The van der Waals surface area contributed by atoms with Gasteiger partial charge in [0.15, 0.2) is 0 Å². The van der Waals surface area contributed by atoms with Gasteiger partial charge in [-0.15, -0.1) is 18.5 Å². The highest BCUT2D eigenvalue weighted by atomic mass is 31.0. The maximum atomic E-state index is 2.72. The van der Waals surface area contributed by atoms with Crippen LogP contribution in [0.4, 0.5) is 0 Å². The molecule has 0 fully saturated rings. The van der Waals surface area contributed by atoms with Gasteiger partial charge in [0.25, 0.3) is 0 Å². The number of hydrogen-bond donors (Lipinski definition) is 0. The summed E-state index contributed by atoms with van der Waals surface area (Å²) in [5, 5.41) is 2.48. The van der Waals surface area contributed by atoms with Crippen molar-refractivity contribution in [2.24, 2.45) is 0 Å². The van der Waals surface area contributed by atoms with Crippen LogP contribution in [0.1, 0.15) is 12.5 Å². The molecule has 0 bridgehead atoms. The van der Waals surface area contributed by atoms with Gasteiger partial charge in [0.2, 0.25) is 0 Å². The highest BCUT2D eigenvalue weighted by Gasteiger charge is 1.91. The molecule has 0 saturated carbocycles. The third kappa shape index (κ3) is 2.40. The minimum Gasteiger partial charge on any atom is -0.105 e. The summed E-state index contributed by atoms with van der Waals surface area (Å²) in [6.45, 7) is 2.02. The third-order valence-corrected chi connectivity index (χ3v) is 2.83. The summed E-state index contributed by atoms with van der Waals surface area (Å²) in [6, 6.07) is 6.35. The summed E-state index contributed by atoms with van der Waals surface area (Å²) in [6.07, 6.45) is 4.14. The van der Waals surface area contributed by atoms with Crippen molar-refractivity contribution in [3.63, 3.8) is 0 Å². The fourth-order valence-electron chi connectivity index (χ4n) is 0.889. The zero-order valence-electron chi connectivity index (χ0n) is 6.54. The molecule has 0 aromatic heterocycles. The summed E-state index contributed by atoms with van der Waals surface area (Å²) >= 11 is 0. The van der Waals surface area contributed by atoms with E-state index in [0.717, 1.165) is 0 Å². The number of benzene rings is 1. The molecule has 1 aromatic carbocycles. The van der Waals surface area contributed by atoms with Gasteiger partial charge in [0.1, 0.15) is 0 Å². The molecule has 0 saturated heterocycles. The molecule has 0 aliphatic heterocycles. The fourth-order valence-corrected chi connectivity index (χ4v) is 1.36. The Kier molecular flexibility index (Phi) is 3.24. The molecule has 2 atom stereocenters. The molecule has 0 amide bonds. The first-order valence-electron chi connectivity index (χ1n) is 3.51. The van der Waals surface area contributed by atoms with Crippen molar-refractivity contribution < 1.29 is 0 Å². The Bertz CT molecular complexity index is 277. The number of allylic oxidation sites excluding steroid dienone is 1. The molecule has 1 aromatic rings. The van der Waals surface area contributed by atoms with E-state index in [1.807, 2.05) is 13.0 Å². The summed E-state index contributed by atoms with van der Waals surface area (Å²) in [5.74, 6) is 0. The zero-order chi connectivity index (χ0) is 8.27. The number of rotatable bonds is 1. The highest BCUT2D eigenvalue weighted by Crippen LogP contribution is 2.02. The van der Waals surface area contributed by atoms with Crippen molar-refractivity contribution in [3.8, 4) is 0 Å². The van der Waals surface area contributed by atoms with Gasteiger partial charge >= 0.3 is 0 Å². The van der Waals surface area contributed by atoms with E-state index >= 15 is 0 Å². The molecule has 0 aliphatic rings. The Morgan fingerprint density at radius 3 is 2.45 bits per heavy atom. The molecule has 11 heavy (non-hydrogen) atoms. The van der Waals surface area contributed by atoms with Crippen LogP contribution in [0.5, 0.6) is 0 Å². The summed E-state index contributed by atoms with van der Waals surface area (Å²) in [4.78, 5) is 0. The summed E-state index contributed by atoms with van der Waals surface area (Å²) in [7, 11) is 5.42. The zero-order valence-corrected chi connectivity index (χ0v) is 8.85. The Morgan fingerprint density at radius 1 is 1.18 bits per heavy atom. The van der Waals surface area contributed by atoms with Gasteiger partial charge in [-0.25, -0.2) is 0 Å². The van der Waals surface area contributed by atoms with E-state index in [-0.39, 0.29) is 0 Å². The SMILES string of the molecule is C/C=C/c1ccc(P)c(P)c1. The molecule has 58 valence electrons. The van der Waals surface area contributed by atoms with Crippen molar-refractivity contribution in [2.45, 2.75) is 6.92 Å². The predicted molar refractivity (Wildman–Crippen MR) is 59.8 cm³/mol. The third-order valence-electron chi connectivity index (χ3n) is 1.47. The lowest BCUT2D eigenvalue weighted by Crippen LogP contribution is -2.09. The molecule has 1 rings (SSSR count). The van der Waals surface area contributed by atoms with E-state index in [1.54, 1.807) is 0 Å². The predicted octanol–water partition coefficient (Wildman–Crippen LogP) is 1.72. The minimum absolute atomic E-state index is 1.24. The molecular weight excluding hydrogens is 170 g/mol. The molecule has 0 aliphatic carbocycles. The van der Waals surface area contributed by atoms with Crippen LogP contribution >= 0.6 is 18.5 Å². The van der Waals surface area contributed by atoms with Crippen molar-refractivity contribution in [1.82, 2.24) is 0 Å². The second-order valence-electron chi connectivity index (χ2n) is 2.39. The van der Waals surface area contributed by atoms with Gasteiger partial charge in [-0.05, 0) is 29.2 Å². The van der Waals surface area contributed by atoms with Crippen LogP contribution in [0.2, 0.25) is 0 Å². The van der Waals surface area contributed by atoms with Crippen molar-refractivity contribution >= 4 is 35.2 Å². The lowest BCUT2D eigenvalue weighted by atomic mass is 10.2. The fraction of sp³-hybridized carbons (Fsp3) is 0.111. The van der Waals surface area contributed by atoms with Crippen molar-refractivity contribution in [2.75, 3.05) is 0 Å². The molecule has 2 unspecified atom stereocenters. The van der Waals surface area contributed by atoms with Gasteiger partial charge in [0.05, 0.1) is 0 Å². The first-order valence-corrected chi connectivity index (χ1v) is 4.67. The standard InChI is InChI=1S/C9H12P2/c1-2-3-7-4-5-8(10)9(11)6-7/h2-6H,10-11H2,1H3/b3-2+. The van der Waals surface area contributed by atoms with Crippen molar-refractivity contribution in [1.29, 1.82) is 0 Å². The second-order valence-corrected chi connectivity index (χ2v) is 3.63. The normalized spacial score (nSPS) is 10.8. The quantitative estimate of drug-likeness (QED) is 0.580. The van der Waals surface area contributed by atoms with Crippen LogP contribution in [0.3, 0.4) is 0 Å². The Hall–Kier alpha value is -0.180. The molecule has 0 heterocycles. The van der Waals surface area contributed by atoms with Crippen LogP contribution < -0.4 is 10.6 Å². The monoisotopic (exact) mass is 182 g/mol. The van der Waals surface area contributed by atoms with E-state index in [9.17, 15) is 0 Å². The lowest BCUT2D eigenvalue weighted by Gasteiger charge is -1.99. The molecule has 0 spiro atoms.